The SMILES string of the molecule is Cc1[nH]ncc1CCCNC(=O)C1CCCOC1. The van der Waals surface area contributed by atoms with Crippen molar-refractivity contribution in [1.82, 2.24) is 15.5 Å². The third-order valence-corrected chi connectivity index (χ3v) is 3.39. The normalized spacial score (nSPS) is 19.7. The highest BCUT2D eigenvalue weighted by Gasteiger charge is 2.20. The number of carbonyl (C=O) groups excluding carboxylic acids is 1. The van der Waals surface area contributed by atoms with Crippen molar-refractivity contribution in [3.63, 3.8) is 0 Å². The molecule has 1 aliphatic rings. The van der Waals surface area contributed by atoms with Crippen molar-refractivity contribution in [3.8, 4) is 0 Å². The van der Waals surface area contributed by atoms with E-state index in [1.165, 1.54) is 5.56 Å². The van der Waals surface area contributed by atoms with Crippen LogP contribution in [0.4, 0.5) is 0 Å². The summed E-state index contributed by atoms with van der Waals surface area (Å²) < 4.78 is 5.31. The summed E-state index contributed by atoms with van der Waals surface area (Å²) in [4.78, 5) is 11.8. The van der Waals surface area contributed by atoms with Gasteiger partial charge in [-0.15, -0.1) is 0 Å². The molecule has 0 radical (unpaired) electrons. The number of aromatic amines is 1. The van der Waals surface area contributed by atoms with Crippen LogP contribution in [0.25, 0.3) is 0 Å². The topological polar surface area (TPSA) is 67.0 Å². The van der Waals surface area contributed by atoms with Gasteiger partial charge in [0.25, 0.3) is 0 Å². The average molecular weight is 251 g/mol. The molecule has 1 aliphatic heterocycles. The molecule has 1 unspecified atom stereocenters. The molecular weight excluding hydrogens is 230 g/mol. The van der Waals surface area contributed by atoms with Crippen LogP contribution in [0.2, 0.25) is 0 Å². The minimum atomic E-state index is 0.0504. The largest absolute Gasteiger partial charge is 0.381 e. The van der Waals surface area contributed by atoms with E-state index in [0.29, 0.717) is 6.61 Å². The van der Waals surface area contributed by atoms with Gasteiger partial charge in [-0.1, -0.05) is 0 Å². The molecule has 0 spiro atoms. The van der Waals surface area contributed by atoms with E-state index in [1.54, 1.807) is 0 Å². The van der Waals surface area contributed by atoms with Gasteiger partial charge in [-0.2, -0.15) is 5.10 Å². The number of amides is 1. The van der Waals surface area contributed by atoms with E-state index in [1.807, 2.05) is 13.1 Å². The van der Waals surface area contributed by atoms with Crippen LogP contribution in [0.5, 0.6) is 0 Å². The number of aryl methyl sites for hydroxylation is 2. The number of ether oxygens (including phenoxy) is 1. The van der Waals surface area contributed by atoms with Gasteiger partial charge < -0.3 is 10.1 Å². The van der Waals surface area contributed by atoms with E-state index < -0.39 is 0 Å². The predicted octanol–water partition coefficient (Wildman–Crippen LogP) is 1.19. The maximum atomic E-state index is 11.8. The number of aromatic nitrogens is 2. The van der Waals surface area contributed by atoms with Crippen LogP contribution in [-0.2, 0) is 16.0 Å². The molecule has 100 valence electrons. The minimum Gasteiger partial charge on any atom is -0.381 e. The Morgan fingerprint density at radius 1 is 1.67 bits per heavy atom. The molecule has 0 aliphatic carbocycles. The van der Waals surface area contributed by atoms with E-state index >= 15 is 0 Å². The fourth-order valence-electron chi connectivity index (χ4n) is 2.21. The standard InChI is InChI=1S/C13H21N3O2/c1-10-11(8-15-16-10)4-2-6-14-13(17)12-5-3-7-18-9-12/h8,12H,2-7,9H2,1H3,(H,14,17)(H,15,16). The van der Waals surface area contributed by atoms with E-state index in [9.17, 15) is 4.79 Å². The van der Waals surface area contributed by atoms with Crippen LogP contribution >= 0.6 is 0 Å². The van der Waals surface area contributed by atoms with Gasteiger partial charge in [0.15, 0.2) is 0 Å². The lowest BCUT2D eigenvalue weighted by molar-refractivity contribution is -0.128. The molecule has 1 aromatic rings. The number of rotatable bonds is 5. The van der Waals surface area contributed by atoms with Gasteiger partial charge in [0.05, 0.1) is 18.7 Å². The second-order valence-corrected chi connectivity index (χ2v) is 4.83. The predicted molar refractivity (Wildman–Crippen MR) is 68.2 cm³/mol. The summed E-state index contributed by atoms with van der Waals surface area (Å²) in [6.07, 6.45) is 5.69. The highest BCUT2D eigenvalue weighted by Crippen LogP contribution is 2.13. The number of hydrogen-bond donors (Lipinski definition) is 2. The second-order valence-electron chi connectivity index (χ2n) is 4.83. The summed E-state index contributed by atoms with van der Waals surface area (Å²) in [5, 5.41) is 9.88. The van der Waals surface area contributed by atoms with Crippen molar-refractivity contribution in [2.45, 2.75) is 32.6 Å². The summed E-state index contributed by atoms with van der Waals surface area (Å²) in [5.41, 5.74) is 2.34. The molecule has 2 N–H and O–H groups in total. The van der Waals surface area contributed by atoms with Crippen molar-refractivity contribution < 1.29 is 9.53 Å². The summed E-state index contributed by atoms with van der Waals surface area (Å²) >= 11 is 0. The number of nitrogens with zero attached hydrogens (tertiary/aromatic N) is 1. The quantitative estimate of drug-likeness (QED) is 0.773. The fraction of sp³-hybridized carbons (Fsp3) is 0.692. The Balaban J connectivity index is 1.63. The molecule has 1 aromatic heterocycles. The van der Waals surface area contributed by atoms with Crippen molar-refractivity contribution >= 4 is 5.91 Å². The monoisotopic (exact) mass is 251 g/mol. The first-order valence-corrected chi connectivity index (χ1v) is 6.61. The van der Waals surface area contributed by atoms with Crippen LogP contribution in [0.15, 0.2) is 6.20 Å². The van der Waals surface area contributed by atoms with Gasteiger partial charge in [0.2, 0.25) is 5.91 Å². The Morgan fingerprint density at radius 2 is 2.56 bits per heavy atom. The molecule has 1 amide bonds. The number of H-pyrrole nitrogens is 1. The highest BCUT2D eigenvalue weighted by molar-refractivity contribution is 5.78. The molecule has 0 bridgehead atoms. The van der Waals surface area contributed by atoms with Gasteiger partial charge >= 0.3 is 0 Å². The third kappa shape index (κ3) is 3.57. The Hall–Kier alpha value is -1.36. The van der Waals surface area contributed by atoms with E-state index in [2.05, 4.69) is 15.5 Å². The van der Waals surface area contributed by atoms with Crippen molar-refractivity contribution in [1.29, 1.82) is 0 Å². The first kappa shape index (κ1) is 13.1. The van der Waals surface area contributed by atoms with Gasteiger partial charge in [0, 0.05) is 18.8 Å². The minimum absolute atomic E-state index is 0.0504. The summed E-state index contributed by atoms with van der Waals surface area (Å²) in [6.45, 7) is 4.11. The zero-order valence-electron chi connectivity index (χ0n) is 10.9. The zero-order valence-corrected chi connectivity index (χ0v) is 10.9. The van der Waals surface area contributed by atoms with Gasteiger partial charge in [-0.25, -0.2) is 0 Å². The third-order valence-electron chi connectivity index (χ3n) is 3.39. The number of carbonyl (C=O) groups is 1. The Bertz CT molecular complexity index is 383. The van der Waals surface area contributed by atoms with E-state index in [0.717, 1.165) is 44.5 Å². The van der Waals surface area contributed by atoms with Crippen LogP contribution < -0.4 is 5.32 Å². The van der Waals surface area contributed by atoms with E-state index in [4.69, 9.17) is 4.74 Å². The molecule has 1 fully saturated rings. The van der Waals surface area contributed by atoms with Gasteiger partial charge in [-0.3, -0.25) is 9.89 Å². The molecule has 0 saturated carbocycles. The smallest absolute Gasteiger partial charge is 0.225 e. The molecule has 2 heterocycles. The number of nitrogens with one attached hydrogen (secondary N) is 2. The molecule has 0 aromatic carbocycles. The van der Waals surface area contributed by atoms with Crippen LogP contribution in [0.3, 0.4) is 0 Å². The maximum absolute atomic E-state index is 11.8. The molecule has 18 heavy (non-hydrogen) atoms. The lowest BCUT2D eigenvalue weighted by Gasteiger charge is -2.21. The lowest BCUT2D eigenvalue weighted by atomic mass is 10.0. The van der Waals surface area contributed by atoms with E-state index in [-0.39, 0.29) is 11.8 Å². The molecule has 2 rings (SSSR count). The van der Waals surface area contributed by atoms with Gasteiger partial charge in [0.1, 0.15) is 0 Å². The highest BCUT2D eigenvalue weighted by atomic mass is 16.5. The summed E-state index contributed by atoms with van der Waals surface area (Å²) in [6, 6.07) is 0. The van der Waals surface area contributed by atoms with Crippen molar-refractivity contribution in [2.75, 3.05) is 19.8 Å². The lowest BCUT2D eigenvalue weighted by Crippen LogP contribution is -2.36. The average Bonchev–Trinajstić information content (AvgIpc) is 2.81. The molecule has 1 atom stereocenters. The van der Waals surface area contributed by atoms with Crippen LogP contribution in [-0.4, -0.2) is 35.9 Å². The first-order valence-electron chi connectivity index (χ1n) is 6.61. The number of hydrogen-bond acceptors (Lipinski definition) is 3. The Morgan fingerprint density at radius 3 is 3.22 bits per heavy atom. The van der Waals surface area contributed by atoms with Crippen LogP contribution in [0.1, 0.15) is 30.5 Å². The van der Waals surface area contributed by atoms with Gasteiger partial charge in [-0.05, 0) is 38.2 Å². The first-order chi connectivity index (χ1) is 8.77. The molecule has 1 saturated heterocycles. The maximum Gasteiger partial charge on any atom is 0.225 e. The Labute approximate surface area is 107 Å². The van der Waals surface area contributed by atoms with Crippen molar-refractivity contribution in [2.24, 2.45) is 5.92 Å². The summed E-state index contributed by atoms with van der Waals surface area (Å²) in [5.74, 6) is 0.188. The summed E-state index contributed by atoms with van der Waals surface area (Å²) in [7, 11) is 0. The molecule has 5 nitrogen and oxygen atoms in total. The molecule has 5 heteroatoms. The Kier molecular flexibility index (Phi) is 4.75. The van der Waals surface area contributed by atoms with Crippen LogP contribution in [0, 0.1) is 12.8 Å². The zero-order chi connectivity index (χ0) is 12.8. The fourth-order valence-corrected chi connectivity index (χ4v) is 2.21. The molecular formula is C13H21N3O2. The second kappa shape index (κ2) is 6.54. The van der Waals surface area contributed by atoms with Crippen molar-refractivity contribution in [3.05, 3.63) is 17.5 Å².